The van der Waals surface area contributed by atoms with Crippen LogP contribution in [0.5, 0.6) is 5.75 Å². The van der Waals surface area contributed by atoms with Crippen LogP contribution in [0.25, 0.3) is 0 Å². The molecule has 28 heavy (non-hydrogen) atoms. The molecule has 0 bridgehead atoms. The number of aromatic nitrogens is 1. The van der Waals surface area contributed by atoms with Crippen LogP contribution in [0.1, 0.15) is 17.3 Å². The number of benzene rings is 2. The number of amides is 2. The number of hydrogen-bond donors (Lipinski definition) is 3. The average molecular weight is 376 g/mol. The van der Waals surface area contributed by atoms with E-state index in [-0.39, 0.29) is 11.8 Å². The summed E-state index contributed by atoms with van der Waals surface area (Å²) in [6.45, 7) is 1.46. The number of hydrogen-bond acceptors (Lipinski definition) is 5. The molecule has 3 rings (SSSR count). The van der Waals surface area contributed by atoms with Crippen LogP contribution >= 0.6 is 0 Å². The van der Waals surface area contributed by atoms with E-state index in [0.29, 0.717) is 22.8 Å². The highest BCUT2D eigenvalue weighted by atomic mass is 16.5. The topological polar surface area (TPSA) is 92.3 Å². The van der Waals surface area contributed by atoms with Gasteiger partial charge in [-0.15, -0.1) is 0 Å². The molecular formula is C21H20N4O3. The highest BCUT2D eigenvalue weighted by Crippen LogP contribution is 2.19. The summed E-state index contributed by atoms with van der Waals surface area (Å²) in [7, 11) is 1.59. The molecular weight excluding hydrogens is 356 g/mol. The van der Waals surface area contributed by atoms with E-state index in [2.05, 4.69) is 20.9 Å². The first kappa shape index (κ1) is 18.9. The Kier molecular flexibility index (Phi) is 5.86. The van der Waals surface area contributed by atoms with Gasteiger partial charge in [-0.1, -0.05) is 0 Å². The predicted octanol–water partition coefficient (Wildman–Crippen LogP) is 4.04. The molecule has 7 heteroatoms. The van der Waals surface area contributed by atoms with Crippen LogP contribution in [0.15, 0.2) is 66.9 Å². The van der Waals surface area contributed by atoms with Crippen molar-refractivity contribution in [2.24, 2.45) is 0 Å². The Labute approximate surface area is 162 Å². The number of rotatable bonds is 6. The van der Waals surface area contributed by atoms with Crippen molar-refractivity contribution in [3.63, 3.8) is 0 Å². The van der Waals surface area contributed by atoms with E-state index in [0.717, 1.165) is 11.4 Å². The van der Waals surface area contributed by atoms with Gasteiger partial charge in [-0.3, -0.25) is 9.59 Å². The Hall–Kier alpha value is -3.87. The molecule has 0 atom stereocenters. The maximum Gasteiger partial charge on any atom is 0.255 e. The van der Waals surface area contributed by atoms with Gasteiger partial charge in [-0.2, -0.15) is 0 Å². The summed E-state index contributed by atoms with van der Waals surface area (Å²) in [5.41, 5.74) is 2.64. The van der Waals surface area contributed by atoms with E-state index >= 15 is 0 Å². The molecule has 1 heterocycles. The fourth-order valence-corrected chi connectivity index (χ4v) is 2.51. The fourth-order valence-electron chi connectivity index (χ4n) is 2.51. The summed E-state index contributed by atoms with van der Waals surface area (Å²) in [6.07, 6.45) is 1.57. The Morgan fingerprint density at radius 3 is 2.11 bits per heavy atom. The lowest BCUT2D eigenvalue weighted by molar-refractivity contribution is -0.114. The molecule has 0 saturated carbocycles. The van der Waals surface area contributed by atoms with Crippen molar-refractivity contribution in [3.8, 4) is 5.75 Å². The van der Waals surface area contributed by atoms with Gasteiger partial charge in [-0.05, 0) is 60.7 Å². The number of nitrogens with one attached hydrogen (secondary N) is 3. The Bertz CT molecular complexity index is 970. The lowest BCUT2D eigenvalue weighted by Crippen LogP contribution is -2.12. The maximum atomic E-state index is 12.5. The lowest BCUT2D eigenvalue weighted by atomic mass is 10.2. The zero-order valence-electron chi connectivity index (χ0n) is 15.5. The number of carbonyl (C=O) groups is 2. The molecule has 7 nitrogen and oxygen atoms in total. The zero-order valence-corrected chi connectivity index (χ0v) is 15.5. The third kappa shape index (κ3) is 5.07. The predicted molar refractivity (Wildman–Crippen MR) is 109 cm³/mol. The van der Waals surface area contributed by atoms with E-state index in [9.17, 15) is 9.59 Å². The average Bonchev–Trinajstić information content (AvgIpc) is 2.70. The van der Waals surface area contributed by atoms with Crippen LogP contribution in [-0.2, 0) is 4.79 Å². The second kappa shape index (κ2) is 8.68. The van der Waals surface area contributed by atoms with Gasteiger partial charge in [0.05, 0.1) is 7.11 Å². The van der Waals surface area contributed by atoms with Crippen molar-refractivity contribution in [3.05, 3.63) is 72.4 Å². The van der Waals surface area contributed by atoms with E-state index in [1.165, 1.54) is 6.92 Å². The van der Waals surface area contributed by atoms with Crippen LogP contribution < -0.4 is 20.7 Å². The lowest BCUT2D eigenvalue weighted by Gasteiger charge is -2.09. The van der Waals surface area contributed by atoms with Gasteiger partial charge in [0.25, 0.3) is 5.91 Å². The van der Waals surface area contributed by atoms with Crippen LogP contribution in [0.4, 0.5) is 22.9 Å². The van der Waals surface area contributed by atoms with Gasteiger partial charge in [0.2, 0.25) is 5.91 Å². The number of ether oxygens (including phenoxy) is 1. The number of pyridine rings is 1. The van der Waals surface area contributed by atoms with Crippen molar-refractivity contribution < 1.29 is 14.3 Å². The minimum Gasteiger partial charge on any atom is -0.497 e. The van der Waals surface area contributed by atoms with E-state index in [1.54, 1.807) is 61.8 Å². The number of anilines is 4. The highest BCUT2D eigenvalue weighted by molar-refractivity contribution is 6.04. The molecule has 0 fully saturated rings. The first-order valence-corrected chi connectivity index (χ1v) is 8.59. The van der Waals surface area contributed by atoms with Crippen molar-refractivity contribution >= 4 is 34.7 Å². The fraction of sp³-hybridized carbons (Fsp3) is 0.0952. The molecule has 0 aliphatic carbocycles. The smallest absolute Gasteiger partial charge is 0.255 e. The Morgan fingerprint density at radius 2 is 1.46 bits per heavy atom. The quantitative estimate of drug-likeness (QED) is 0.604. The molecule has 0 radical (unpaired) electrons. The molecule has 0 unspecified atom stereocenters. The summed E-state index contributed by atoms with van der Waals surface area (Å²) in [6, 6.07) is 17.6. The largest absolute Gasteiger partial charge is 0.497 e. The number of nitrogens with zero attached hydrogens (tertiary/aromatic N) is 1. The third-order valence-corrected chi connectivity index (χ3v) is 3.85. The summed E-state index contributed by atoms with van der Waals surface area (Å²) in [5, 5.41) is 8.68. The maximum absolute atomic E-state index is 12.5. The molecule has 0 aliphatic rings. The SMILES string of the molecule is COc1ccc(NC(=O)c2ccnc(Nc3ccc(NC(C)=O)cc3)c2)cc1. The summed E-state index contributed by atoms with van der Waals surface area (Å²) in [5.74, 6) is 0.891. The molecule has 0 saturated heterocycles. The van der Waals surface area contributed by atoms with Gasteiger partial charge < -0.3 is 20.7 Å². The first-order chi connectivity index (χ1) is 13.5. The van der Waals surface area contributed by atoms with E-state index in [4.69, 9.17) is 4.74 Å². The third-order valence-electron chi connectivity index (χ3n) is 3.85. The van der Waals surface area contributed by atoms with Crippen LogP contribution in [0.3, 0.4) is 0 Å². The van der Waals surface area contributed by atoms with Crippen LogP contribution in [-0.4, -0.2) is 23.9 Å². The normalized spacial score (nSPS) is 10.1. The van der Waals surface area contributed by atoms with Gasteiger partial charge in [0.15, 0.2) is 0 Å². The number of methoxy groups -OCH3 is 1. The van der Waals surface area contributed by atoms with Crippen molar-refractivity contribution in [2.45, 2.75) is 6.92 Å². The zero-order chi connectivity index (χ0) is 19.9. The van der Waals surface area contributed by atoms with Crippen LogP contribution in [0.2, 0.25) is 0 Å². The molecule has 1 aromatic heterocycles. The molecule has 142 valence electrons. The molecule has 3 N–H and O–H groups in total. The van der Waals surface area contributed by atoms with E-state index in [1.807, 2.05) is 12.1 Å². The van der Waals surface area contributed by atoms with Gasteiger partial charge >= 0.3 is 0 Å². The Morgan fingerprint density at radius 1 is 0.857 bits per heavy atom. The van der Waals surface area contributed by atoms with Crippen molar-refractivity contribution in [1.82, 2.24) is 4.98 Å². The monoisotopic (exact) mass is 376 g/mol. The Balaban J connectivity index is 1.67. The summed E-state index contributed by atoms with van der Waals surface area (Å²) >= 11 is 0. The molecule has 0 aliphatic heterocycles. The standard InChI is InChI=1S/C21H20N4O3/c1-14(26)23-16-3-5-17(6-4-16)24-20-13-15(11-12-22-20)21(27)25-18-7-9-19(28-2)10-8-18/h3-13H,1-2H3,(H,22,24)(H,23,26)(H,25,27). The highest BCUT2D eigenvalue weighted by Gasteiger charge is 2.08. The summed E-state index contributed by atoms with van der Waals surface area (Å²) in [4.78, 5) is 27.8. The summed E-state index contributed by atoms with van der Waals surface area (Å²) < 4.78 is 5.11. The molecule has 2 amide bonds. The molecule has 3 aromatic rings. The first-order valence-electron chi connectivity index (χ1n) is 8.59. The van der Waals surface area contributed by atoms with E-state index < -0.39 is 0 Å². The minimum atomic E-state index is -0.239. The number of carbonyl (C=O) groups excluding carboxylic acids is 2. The van der Waals surface area contributed by atoms with Gasteiger partial charge in [0.1, 0.15) is 11.6 Å². The van der Waals surface area contributed by atoms with Gasteiger partial charge in [0, 0.05) is 35.7 Å². The van der Waals surface area contributed by atoms with Gasteiger partial charge in [-0.25, -0.2) is 4.98 Å². The van der Waals surface area contributed by atoms with Crippen molar-refractivity contribution in [2.75, 3.05) is 23.1 Å². The molecule has 2 aromatic carbocycles. The molecule has 0 spiro atoms. The second-order valence-electron chi connectivity index (χ2n) is 6.00. The van der Waals surface area contributed by atoms with Crippen LogP contribution in [0, 0.1) is 0 Å². The second-order valence-corrected chi connectivity index (χ2v) is 6.00. The van der Waals surface area contributed by atoms with Crippen molar-refractivity contribution in [1.29, 1.82) is 0 Å². The minimum absolute atomic E-state index is 0.127.